The SMILES string of the molecule is CC.CC.Cc1ccc(Cl)nc1Cl. The zero-order chi connectivity index (χ0) is 10.9. The van der Waals surface area contributed by atoms with Crippen molar-refractivity contribution in [2.75, 3.05) is 0 Å². The summed E-state index contributed by atoms with van der Waals surface area (Å²) in [6.07, 6.45) is 0. The molecule has 0 aliphatic heterocycles. The Labute approximate surface area is 91.1 Å². The first kappa shape index (κ1) is 15.2. The summed E-state index contributed by atoms with van der Waals surface area (Å²) in [5, 5.41) is 0.910. The fraction of sp³-hybridized carbons (Fsp3) is 0.500. The van der Waals surface area contributed by atoms with Crippen molar-refractivity contribution in [2.45, 2.75) is 34.6 Å². The van der Waals surface area contributed by atoms with Crippen molar-refractivity contribution >= 4 is 23.2 Å². The normalized spacial score (nSPS) is 7.62. The van der Waals surface area contributed by atoms with Gasteiger partial charge in [0.1, 0.15) is 10.3 Å². The highest BCUT2D eigenvalue weighted by molar-refractivity contribution is 6.32. The second-order valence-electron chi connectivity index (χ2n) is 1.74. The van der Waals surface area contributed by atoms with Crippen LogP contribution in [0.25, 0.3) is 0 Å². The number of aryl methyl sites for hydroxylation is 1. The van der Waals surface area contributed by atoms with Gasteiger partial charge < -0.3 is 0 Å². The second-order valence-corrected chi connectivity index (χ2v) is 2.49. The molecule has 0 saturated heterocycles. The quantitative estimate of drug-likeness (QED) is 0.577. The van der Waals surface area contributed by atoms with E-state index in [1.165, 1.54) is 0 Å². The highest BCUT2D eigenvalue weighted by Crippen LogP contribution is 2.14. The van der Waals surface area contributed by atoms with Gasteiger partial charge in [0.25, 0.3) is 0 Å². The molecule has 0 amide bonds. The van der Waals surface area contributed by atoms with Crippen LogP contribution in [-0.2, 0) is 0 Å². The van der Waals surface area contributed by atoms with Gasteiger partial charge in [0.05, 0.1) is 0 Å². The lowest BCUT2D eigenvalue weighted by atomic mass is 10.3. The fourth-order valence-corrected chi connectivity index (χ4v) is 0.827. The van der Waals surface area contributed by atoms with Crippen molar-refractivity contribution in [3.63, 3.8) is 0 Å². The average Bonchev–Trinajstić information content (AvgIpc) is 2.18. The smallest absolute Gasteiger partial charge is 0.133 e. The van der Waals surface area contributed by atoms with Crippen molar-refractivity contribution in [3.8, 4) is 0 Å². The molecular formula is C10H17Cl2N. The lowest BCUT2D eigenvalue weighted by Gasteiger charge is -1.93. The monoisotopic (exact) mass is 221 g/mol. The molecule has 76 valence electrons. The van der Waals surface area contributed by atoms with Crippen LogP contribution in [0.4, 0.5) is 0 Å². The number of rotatable bonds is 0. The van der Waals surface area contributed by atoms with Crippen LogP contribution in [0.3, 0.4) is 0 Å². The molecule has 0 fully saturated rings. The maximum Gasteiger partial charge on any atom is 0.133 e. The molecule has 1 heterocycles. The molecule has 0 bridgehead atoms. The van der Waals surface area contributed by atoms with Gasteiger partial charge in [0, 0.05) is 0 Å². The molecule has 0 aliphatic carbocycles. The minimum atomic E-state index is 0.436. The van der Waals surface area contributed by atoms with Crippen LogP contribution in [0.15, 0.2) is 12.1 Å². The Morgan fingerprint density at radius 2 is 1.46 bits per heavy atom. The molecule has 0 radical (unpaired) electrons. The Balaban J connectivity index is 0. The fourth-order valence-electron chi connectivity index (χ4n) is 0.482. The van der Waals surface area contributed by atoms with Gasteiger partial charge in [-0.3, -0.25) is 0 Å². The molecule has 0 N–H and O–H groups in total. The van der Waals surface area contributed by atoms with Gasteiger partial charge in [-0.05, 0) is 18.6 Å². The van der Waals surface area contributed by atoms with E-state index in [9.17, 15) is 0 Å². The van der Waals surface area contributed by atoms with E-state index >= 15 is 0 Å². The number of aromatic nitrogens is 1. The maximum atomic E-state index is 5.62. The summed E-state index contributed by atoms with van der Waals surface area (Å²) in [7, 11) is 0. The molecule has 1 aromatic heterocycles. The van der Waals surface area contributed by atoms with Gasteiger partial charge in [0.15, 0.2) is 0 Å². The Morgan fingerprint density at radius 1 is 1.00 bits per heavy atom. The summed E-state index contributed by atoms with van der Waals surface area (Å²) < 4.78 is 0. The van der Waals surface area contributed by atoms with E-state index in [0.29, 0.717) is 10.3 Å². The van der Waals surface area contributed by atoms with E-state index in [2.05, 4.69) is 4.98 Å². The highest BCUT2D eigenvalue weighted by Gasteiger charge is 1.94. The molecule has 1 rings (SSSR count). The molecule has 0 saturated carbocycles. The molecule has 0 spiro atoms. The zero-order valence-corrected chi connectivity index (χ0v) is 10.4. The second kappa shape index (κ2) is 9.82. The number of halogens is 2. The lowest BCUT2D eigenvalue weighted by Crippen LogP contribution is -1.79. The number of hydrogen-bond acceptors (Lipinski definition) is 1. The maximum absolute atomic E-state index is 5.62. The number of nitrogens with zero attached hydrogens (tertiary/aromatic N) is 1. The standard InChI is InChI=1S/C6H5Cl2N.2C2H6/c1-4-2-3-5(7)9-6(4)8;2*1-2/h2-3H,1H3;2*1-2H3. The highest BCUT2D eigenvalue weighted by atomic mass is 35.5. The molecule has 0 aromatic carbocycles. The molecular weight excluding hydrogens is 205 g/mol. The van der Waals surface area contributed by atoms with E-state index in [-0.39, 0.29) is 0 Å². The van der Waals surface area contributed by atoms with Crippen LogP contribution < -0.4 is 0 Å². The molecule has 3 heteroatoms. The van der Waals surface area contributed by atoms with E-state index in [1.807, 2.05) is 40.7 Å². The summed E-state index contributed by atoms with van der Waals surface area (Å²) in [6, 6.07) is 3.54. The van der Waals surface area contributed by atoms with E-state index < -0.39 is 0 Å². The summed E-state index contributed by atoms with van der Waals surface area (Å²) in [6.45, 7) is 9.88. The average molecular weight is 222 g/mol. The third-order valence-corrected chi connectivity index (χ3v) is 1.59. The third-order valence-electron chi connectivity index (χ3n) is 1.00. The zero-order valence-electron chi connectivity index (χ0n) is 8.86. The summed E-state index contributed by atoms with van der Waals surface area (Å²) >= 11 is 11.1. The Hall–Kier alpha value is -0.270. The van der Waals surface area contributed by atoms with E-state index in [1.54, 1.807) is 6.07 Å². The predicted molar refractivity (Wildman–Crippen MR) is 61.7 cm³/mol. The van der Waals surface area contributed by atoms with Crippen LogP contribution in [0, 0.1) is 6.92 Å². The van der Waals surface area contributed by atoms with Crippen LogP contribution in [0.1, 0.15) is 33.3 Å². The molecule has 0 unspecified atom stereocenters. The van der Waals surface area contributed by atoms with Crippen molar-refractivity contribution in [1.82, 2.24) is 4.98 Å². The Bertz CT molecular complexity index is 224. The molecule has 1 nitrogen and oxygen atoms in total. The molecule has 0 atom stereocenters. The summed E-state index contributed by atoms with van der Waals surface area (Å²) in [5.41, 5.74) is 0.945. The summed E-state index contributed by atoms with van der Waals surface area (Å²) in [5.74, 6) is 0. The molecule has 13 heavy (non-hydrogen) atoms. The number of hydrogen-bond donors (Lipinski definition) is 0. The summed E-state index contributed by atoms with van der Waals surface area (Å²) in [4.78, 5) is 3.80. The largest absolute Gasteiger partial charge is 0.224 e. The van der Waals surface area contributed by atoms with Gasteiger partial charge in [-0.15, -0.1) is 0 Å². The first-order valence-electron chi connectivity index (χ1n) is 4.49. The van der Waals surface area contributed by atoms with E-state index in [4.69, 9.17) is 23.2 Å². The third kappa shape index (κ3) is 6.85. The minimum absolute atomic E-state index is 0.436. The Morgan fingerprint density at radius 3 is 1.77 bits per heavy atom. The van der Waals surface area contributed by atoms with Crippen molar-refractivity contribution in [3.05, 3.63) is 28.0 Å². The van der Waals surface area contributed by atoms with Gasteiger partial charge in [0.2, 0.25) is 0 Å². The molecule has 1 aromatic rings. The Kier molecular flexibility index (Phi) is 11.5. The van der Waals surface area contributed by atoms with Crippen LogP contribution in [0.2, 0.25) is 10.3 Å². The van der Waals surface area contributed by atoms with Gasteiger partial charge >= 0.3 is 0 Å². The van der Waals surface area contributed by atoms with Crippen LogP contribution in [-0.4, -0.2) is 4.98 Å². The van der Waals surface area contributed by atoms with E-state index in [0.717, 1.165) is 5.56 Å². The van der Waals surface area contributed by atoms with Crippen LogP contribution in [0.5, 0.6) is 0 Å². The van der Waals surface area contributed by atoms with Crippen molar-refractivity contribution in [1.29, 1.82) is 0 Å². The molecule has 0 aliphatic rings. The predicted octanol–water partition coefficient (Wildman–Crippen LogP) is 4.75. The first-order chi connectivity index (χ1) is 6.20. The topological polar surface area (TPSA) is 12.9 Å². The number of pyridine rings is 1. The lowest BCUT2D eigenvalue weighted by molar-refractivity contribution is 1.27. The van der Waals surface area contributed by atoms with Gasteiger partial charge in [-0.1, -0.05) is 57.0 Å². The first-order valence-corrected chi connectivity index (χ1v) is 5.24. The minimum Gasteiger partial charge on any atom is -0.224 e. The van der Waals surface area contributed by atoms with Crippen molar-refractivity contribution in [2.24, 2.45) is 0 Å². The van der Waals surface area contributed by atoms with Gasteiger partial charge in [-0.2, -0.15) is 0 Å². The van der Waals surface area contributed by atoms with Crippen LogP contribution >= 0.6 is 23.2 Å². The van der Waals surface area contributed by atoms with Gasteiger partial charge in [-0.25, -0.2) is 4.98 Å². The van der Waals surface area contributed by atoms with Crippen molar-refractivity contribution < 1.29 is 0 Å².